The summed E-state index contributed by atoms with van der Waals surface area (Å²) in [6, 6.07) is 18.3. The Balaban J connectivity index is 1.66. The number of carbonyl (C=O) groups is 2. The van der Waals surface area contributed by atoms with Gasteiger partial charge < -0.3 is 11.1 Å². The Labute approximate surface area is 149 Å². The predicted octanol–water partition coefficient (Wildman–Crippen LogP) is 3.45. The number of aromatic nitrogens is 1. The number of rotatable bonds is 5. The maximum Gasteiger partial charge on any atom is 0.248 e. The number of thioether (sulfide) groups is 1. The lowest BCUT2D eigenvalue weighted by molar-refractivity contribution is -0.115. The highest BCUT2D eigenvalue weighted by molar-refractivity contribution is 8.00. The quantitative estimate of drug-likeness (QED) is 0.690. The molecule has 1 atom stereocenters. The molecule has 1 aromatic heterocycles. The van der Waals surface area contributed by atoms with E-state index >= 15 is 0 Å². The number of pyridine rings is 1. The summed E-state index contributed by atoms with van der Waals surface area (Å²) >= 11 is 1.40. The van der Waals surface area contributed by atoms with Crippen LogP contribution in [-0.2, 0) is 4.79 Å². The van der Waals surface area contributed by atoms with E-state index < -0.39 is 5.91 Å². The zero-order chi connectivity index (χ0) is 17.8. The second-order valence-corrected chi connectivity index (χ2v) is 6.89. The molecule has 0 spiro atoms. The lowest BCUT2D eigenvalue weighted by Gasteiger charge is -2.12. The molecule has 25 heavy (non-hydrogen) atoms. The van der Waals surface area contributed by atoms with E-state index in [0.717, 1.165) is 15.9 Å². The summed E-state index contributed by atoms with van der Waals surface area (Å²) in [5.74, 6) is -0.629. The zero-order valence-electron chi connectivity index (χ0n) is 13.6. The number of hydrogen-bond donors (Lipinski definition) is 2. The first kappa shape index (κ1) is 17.0. The average molecular weight is 351 g/mol. The molecule has 2 aromatic carbocycles. The molecule has 0 fully saturated rings. The van der Waals surface area contributed by atoms with Crippen LogP contribution in [0.5, 0.6) is 0 Å². The van der Waals surface area contributed by atoms with Crippen molar-refractivity contribution in [3.8, 4) is 0 Å². The van der Waals surface area contributed by atoms with Gasteiger partial charge in [0.25, 0.3) is 0 Å². The van der Waals surface area contributed by atoms with Crippen LogP contribution in [0, 0.1) is 0 Å². The molecule has 3 N–H and O–H groups in total. The second kappa shape index (κ2) is 7.36. The molecule has 0 aliphatic heterocycles. The van der Waals surface area contributed by atoms with Crippen LogP contribution in [0.2, 0.25) is 0 Å². The molecule has 0 aliphatic carbocycles. The number of para-hydroxylation sites is 1. The Kier molecular flexibility index (Phi) is 5.00. The fraction of sp³-hybridized carbons (Fsp3) is 0.105. The maximum atomic E-state index is 12.3. The molecule has 3 rings (SSSR count). The van der Waals surface area contributed by atoms with Crippen molar-refractivity contribution in [2.75, 3.05) is 5.32 Å². The normalized spacial score (nSPS) is 11.9. The summed E-state index contributed by atoms with van der Waals surface area (Å²) in [5.41, 5.74) is 7.13. The molecular formula is C19H17N3O2S. The van der Waals surface area contributed by atoms with E-state index in [0.29, 0.717) is 11.3 Å². The summed E-state index contributed by atoms with van der Waals surface area (Å²) in [6.45, 7) is 1.83. The lowest BCUT2D eigenvalue weighted by Crippen LogP contribution is -2.22. The van der Waals surface area contributed by atoms with E-state index in [2.05, 4.69) is 10.3 Å². The van der Waals surface area contributed by atoms with Crippen LogP contribution in [0.3, 0.4) is 0 Å². The number of hydrogen-bond acceptors (Lipinski definition) is 4. The van der Waals surface area contributed by atoms with Gasteiger partial charge in [0.1, 0.15) is 0 Å². The molecule has 5 nitrogen and oxygen atoms in total. The van der Waals surface area contributed by atoms with E-state index in [4.69, 9.17) is 5.73 Å². The Bertz CT molecular complexity index is 925. The third kappa shape index (κ3) is 4.16. The topological polar surface area (TPSA) is 85.1 Å². The standard InChI is InChI=1S/C19H17N3O2S/c1-12(19(24)21-15-9-6-14(7-10-15)18(20)23)25-17-11-8-13-4-2-3-5-16(13)22-17/h2-12H,1H3,(H2,20,23)(H,21,24)/t12-/m0/s1. The number of nitrogens with one attached hydrogen (secondary N) is 1. The number of carbonyl (C=O) groups excluding carboxylic acids is 2. The van der Waals surface area contributed by atoms with E-state index in [1.807, 2.05) is 43.3 Å². The monoisotopic (exact) mass is 351 g/mol. The number of anilines is 1. The molecular weight excluding hydrogens is 334 g/mol. The second-order valence-electron chi connectivity index (χ2n) is 5.53. The zero-order valence-corrected chi connectivity index (χ0v) is 14.4. The molecule has 126 valence electrons. The van der Waals surface area contributed by atoms with Crippen molar-refractivity contribution in [2.24, 2.45) is 5.73 Å². The Morgan fingerprint density at radius 2 is 1.76 bits per heavy atom. The van der Waals surface area contributed by atoms with Gasteiger partial charge in [-0.25, -0.2) is 4.98 Å². The molecule has 0 unspecified atom stereocenters. The van der Waals surface area contributed by atoms with Gasteiger partial charge in [0.2, 0.25) is 11.8 Å². The number of nitrogens with zero attached hydrogens (tertiary/aromatic N) is 1. The average Bonchev–Trinajstić information content (AvgIpc) is 2.62. The van der Waals surface area contributed by atoms with Gasteiger partial charge in [0.15, 0.2) is 0 Å². The molecule has 0 radical (unpaired) electrons. The van der Waals surface area contributed by atoms with Crippen LogP contribution >= 0.6 is 11.8 Å². The molecule has 3 aromatic rings. The Hall–Kier alpha value is -2.86. The number of nitrogens with two attached hydrogens (primary N) is 1. The highest BCUT2D eigenvalue weighted by Gasteiger charge is 2.15. The van der Waals surface area contributed by atoms with Crippen molar-refractivity contribution in [3.63, 3.8) is 0 Å². The van der Waals surface area contributed by atoms with Gasteiger partial charge in [-0.05, 0) is 43.3 Å². The summed E-state index contributed by atoms with van der Waals surface area (Å²) in [4.78, 5) is 28.0. The Morgan fingerprint density at radius 1 is 1.04 bits per heavy atom. The van der Waals surface area contributed by atoms with Gasteiger partial charge >= 0.3 is 0 Å². The smallest absolute Gasteiger partial charge is 0.248 e. The van der Waals surface area contributed by atoms with Crippen LogP contribution in [0.4, 0.5) is 5.69 Å². The van der Waals surface area contributed by atoms with Crippen LogP contribution in [0.15, 0.2) is 65.7 Å². The van der Waals surface area contributed by atoms with Gasteiger partial charge in [-0.2, -0.15) is 0 Å². The predicted molar refractivity (Wildman–Crippen MR) is 101 cm³/mol. The lowest BCUT2D eigenvalue weighted by atomic mass is 10.2. The summed E-state index contributed by atoms with van der Waals surface area (Å²) in [6.07, 6.45) is 0. The van der Waals surface area contributed by atoms with Crippen molar-refractivity contribution in [1.29, 1.82) is 0 Å². The summed E-state index contributed by atoms with van der Waals surface area (Å²) < 4.78 is 0. The van der Waals surface area contributed by atoms with Crippen molar-refractivity contribution in [1.82, 2.24) is 4.98 Å². The molecule has 6 heteroatoms. The first-order chi connectivity index (χ1) is 12.0. The van der Waals surface area contributed by atoms with E-state index in [9.17, 15) is 9.59 Å². The summed E-state index contributed by atoms with van der Waals surface area (Å²) in [7, 11) is 0. The van der Waals surface area contributed by atoms with Crippen molar-refractivity contribution < 1.29 is 9.59 Å². The molecule has 2 amide bonds. The third-order valence-electron chi connectivity index (χ3n) is 3.68. The maximum absolute atomic E-state index is 12.3. The van der Waals surface area contributed by atoms with Crippen molar-refractivity contribution >= 4 is 40.2 Å². The van der Waals surface area contributed by atoms with Crippen LogP contribution in [0.25, 0.3) is 10.9 Å². The van der Waals surface area contributed by atoms with Gasteiger partial charge in [-0.15, -0.1) is 0 Å². The fourth-order valence-electron chi connectivity index (χ4n) is 2.31. The van der Waals surface area contributed by atoms with Gasteiger partial charge in [0.05, 0.1) is 15.8 Å². The summed E-state index contributed by atoms with van der Waals surface area (Å²) in [5, 5.41) is 4.38. The first-order valence-electron chi connectivity index (χ1n) is 7.76. The van der Waals surface area contributed by atoms with Gasteiger partial charge in [0, 0.05) is 16.6 Å². The van der Waals surface area contributed by atoms with Gasteiger partial charge in [-0.1, -0.05) is 36.0 Å². The third-order valence-corrected chi connectivity index (χ3v) is 4.71. The minimum Gasteiger partial charge on any atom is -0.366 e. The number of primary amides is 1. The highest BCUT2D eigenvalue weighted by Crippen LogP contribution is 2.24. The molecule has 0 aliphatic rings. The highest BCUT2D eigenvalue weighted by atomic mass is 32.2. The molecule has 0 bridgehead atoms. The van der Waals surface area contributed by atoms with E-state index in [1.54, 1.807) is 24.3 Å². The van der Waals surface area contributed by atoms with Gasteiger partial charge in [-0.3, -0.25) is 9.59 Å². The Morgan fingerprint density at radius 3 is 2.48 bits per heavy atom. The van der Waals surface area contributed by atoms with Crippen LogP contribution in [-0.4, -0.2) is 22.0 Å². The first-order valence-corrected chi connectivity index (χ1v) is 8.64. The van der Waals surface area contributed by atoms with Crippen LogP contribution in [0.1, 0.15) is 17.3 Å². The van der Waals surface area contributed by atoms with E-state index in [-0.39, 0.29) is 11.2 Å². The SMILES string of the molecule is C[C@H](Sc1ccc2ccccc2n1)C(=O)Nc1ccc(C(N)=O)cc1. The van der Waals surface area contributed by atoms with Crippen LogP contribution < -0.4 is 11.1 Å². The minimum atomic E-state index is -0.496. The number of benzene rings is 2. The fourth-order valence-corrected chi connectivity index (χ4v) is 3.14. The molecule has 0 saturated heterocycles. The molecule has 0 saturated carbocycles. The number of fused-ring (bicyclic) bond motifs is 1. The largest absolute Gasteiger partial charge is 0.366 e. The van der Waals surface area contributed by atoms with E-state index in [1.165, 1.54) is 11.8 Å². The molecule has 1 heterocycles. The minimum absolute atomic E-state index is 0.133. The van der Waals surface area contributed by atoms with Crippen molar-refractivity contribution in [3.05, 3.63) is 66.2 Å². The van der Waals surface area contributed by atoms with Crippen molar-refractivity contribution in [2.45, 2.75) is 17.2 Å². The number of amides is 2.